The largest absolute Gasteiger partial charge is 0.458 e. The minimum absolute atomic E-state index is 0.00255. The molecule has 0 saturated carbocycles. The van der Waals surface area contributed by atoms with Crippen molar-refractivity contribution in [1.82, 2.24) is 10.3 Å². The molecule has 1 aliphatic heterocycles. The number of cyclic esters (lactones) is 1. The summed E-state index contributed by atoms with van der Waals surface area (Å²) in [6.45, 7) is 4.16. The van der Waals surface area contributed by atoms with E-state index in [1.165, 1.54) is 12.1 Å². The van der Waals surface area contributed by atoms with Crippen LogP contribution in [-0.2, 0) is 22.4 Å². The molecule has 1 aromatic heterocycles. The smallest absolute Gasteiger partial charge is 0.318 e. The number of esters is 1. The number of anilines is 1. The Morgan fingerprint density at radius 1 is 1.18 bits per heavy atom. The summed E-state index contributed by atoms with van der Waals surface area (Å²) >= 11 is 0. The number of hydrogen-bond donors (Lipinski definition) is 3. The number of carbonyl (C=O) groups is 2. The van der Waals surface area contributed by atoms with Gasteiger partial charge in [0.1, 0.15) is 11.9 Å². The van der Waals surface area contributed by atoms with Crippen molar-refractivity contribution in [2.45, 2.75) is 64.1 Å². The maximum absolute atomic E-state index is 14.0. The Morgan fingerprint density at radius 2 is 1.95 bits per heavy atom. The zero-order valence-corrected chi connectivity index (χ0v) is 23.0. The van der Waals surface area contributed by atoms with Crippen molar-refractivity contribution in [2.75, 3.05) is 12.4 Å². The van der Waals surface area contributed by atoms with Gasteiger partial charge in [0.15, 0.2) is 0 Å². The van der Waals surface area contributed by atoms with Crippen LogP contribution in [0.2, 0.25) is 0 Å². The van der Waals surface area contributed by atoms with Crippen molar-refractivity contribution in [2.24, 2.45) is 0 Å². The summed E-state index contributed by atoms with van der Waals surface area (Å²) in [5, 5.41) is 15.5. The molecule has 2 aliphatic rings. The van der Waals surface area contributed by atoms with Gasteiger partial charge in [-0.25, -0.2) is 9.18 Å². The lowest BCUT2D eigenvalue weighted by atomic mass is 9.86. The van der Waals surface area contributed by atoms with Crippen molar-refractivity contribution < 1.29 is 23.8 Å². The molecule has 5 rings (SSSR count). The normalized spacial score (nSPS) is 18.6. The van der Waals surface area contributed by atoms with Gasteiger partial charge < -0.3 is 20.5 Å². The van der Waals surface area contributed by atoms with Crippen molar-refractivity contribution in [3.63, 3.8) is 0 Å². The van der Waals surface area contributed by atoms with Gasteiger partial charge >= 0.3 is 12.0 Å². The third kappa shape index (κ3) is 5.77. The van der Waals surface area contributed by atoms with Crippen LogP contribution in [0.5, 0.6) is 0 Å². The van der Waals surface area contributed by atoms with Crippen LogP contribution in [0, 0.1) is 5.82 Å². The van der Waals surface area contributed by atoms with Gasteiger partial charge in [0, 0.05) is 30.3 Å². The highest BCUT2D eigenvalue weighted by atomic mass is 19.1. The van der Waals surface area contributed by atoms with Crippen LogP contribution < -0.4 is 10.6 Å². The SMILES string of the molecule is CNC(=O)Nc1ccc2c(c1)CCCc1c-2nc(C(C)C)c(C=C[C@@H]2C[C@@H](O)CC(=O)O2)c1-c1ccc(F)cc1. The highest BCUT2D eigenvalue weighted by Crippen LogP contribution is 2.42. The summed E-state index contributed by atoms with van der Waals surface area (Å²) in [5.74, 6) is -0.669. The maximum Gasteiger partial charge on any atom is 0.318 e. The lowest BCUT2D eigenvalue weighted by Crippen LogP contribution is -2.31. The average molecular weight is 544 g/mol. The molecule has 2 heterocycles. The number of nitrogens with zero attached hydrogens (tertiary/aromatic N) is 1. The minimum atomic E-state index is -0.735. The highest BCUT2D eigenvalue weighted by Gasteiger charge is 2.28. The van der Waals surface area contributed by atoms with Gasteiger partial charge in [-0.1, -0.05) is 38.1 Å². The van der Waals surface area contributed by atoms with Crippen LogP contribution >= 0.6 is 0 Å². The third-order valence-electron chi connectivity index (χ3n) is 7.43. The molecule has 2 aromatic carbocycles. The molecule has 0 bridgehead atoms. The number of benzene rings is 2. The van der Waals surface area contributed by atoms with Crippen molar-refractivity contribution in [3.8, 4) is 22.4 Å². The Balaban J connectivity index is 1.70. The van der Waals surface area contributed by atoms with Crippen LogP contribution in [0.3, 0.4) is 0 Å². The summed E-state index contributed by atoms with van der Waals surface area (Å²) in [6.07, 6.45) is 5.28. The first-order valence-electron chi connectivity index (χ1n) is 13.7. The number of hydrogen-bond acceptors (Lipinski definition) is 5. The minimum Gasteiger partial charge on any atom is -0.458 e. The van der Waals surface area contributed by atoms with Gasteiger partial charge in [0.2, 0.25) is 0 Å². The summed E-state index contributed by atoms with van der Waals surface area (Å²) in [4.78, 5) is 29.1. The van der Waals surface area contributed by atoms with E-state index in [1.54, 1.807) is 19.2 Å². The molecule has 1 fully saturated rings. The number of aliphatic hydroxyl groups excluding tert-OH is 1. The fourth-order valence-corrected chi connectivity index (χ4v) is 5.57. The number of aryl methyl sites for hydroxylation is 1. The fraction of sp³-hybridized carbons (Fsp3) is 0.344. The number of rotatable bonds is 5. The van der Waals surface area contributed by atoms with E-state index in [1.807, 2.05) is 30.4 Å². The number of amides is 2. The Bertz CT molecular complexity index is 1470. The monoisotopic (exact) mass is 543 g/mol. The predicted molar refractivity (Wildman–Crippen MR) is 153 cm³/mol. The molecule has 2 atom stereocenters. The van der Waals surface area contributed by atoms with E-state index < -0.39 is 18.2 Å². The van der Waals surface area contributed by atoms with Gasteiger partial charge in [0.25, 0.3) is 0 Å². The van der Waals surface area contributed by atoms with Crippen molar-refractivity contribution >= 4 is 23.8 Å². The fourth-order valence-electron chi connectivity index (χ4n) is 5.57. The van der Waals surface area contributed by atoms with Crippen LogP contribution in [-0.4, -0.2) is 41.3 Å². The van der Waals surface area contributed by atoms with E-state index in [2.05, 4.69) is 24.5 Å². The molecular formula is C32H34FN3O4. The summed E-state index contributed by atoms with van der Waals surface area (Å²) in [7, 11) is 1.58. The van der Waals surface area contributed by atoms with Gasteiger partial charge in [0.05, 0.1) is 23.9 Å². The van der Waals surface area contributed by atoms with Crippen LogP contribution in [0.1, 0.15) is 61.4 Å². The van der Waals surface area contributed by atoms with Crippen LogP contribution in [0.25, 0.3) is 28.5 Å². The molecule has 3 aromatic rings. The molecule has 8 heteroatoms. The van der Waals surface area contributed by atoms with E-state index in [-0.39, 0.29) is 24.2 Å². The standard InChI is InChI=1S/C32H34FN3O4/c1-18(2)30-27(14-12-24-16-23(37)17-28(38)40-24)29(19-7-9-21(33)10-8-19)26-6-4-5-20-15-22(35-32(39)34-3)11-13-25(20)31(26)36-30/h7-15,18,23-24,37H,4-6,16-17H2,1-3H3,(H2,34,35,39)/t23-,24-/m1/s1. The van der Waals surface area contributed by atoms with E-state index in [0.717, 1.165) is 64.0 Å². The topological polar surface area (TPSA) is 101 Å². The quantitative estimate of drug-likeness (QED) is 0.343. The number of aliphatic hydroxyl groups is 1. The molecule has 0 radical (unpaired) electrons. The second-order valence-corrected chi connectivity index (χ2v) is 10.7. The number of carbonyl (C=O) groups excluding carboxylic acids is 2. The van der Waals surface area contributed by atoms with E-state index >= 15 is 0 Å². The van der Waals surface area contributed by atoms with E-state index in [0.29, 0.717) is 12.1 Å². The number of fused-ring (bicyclic) bond motifs is 3. The molecule has 7 nitrogen and oxygen atoms in total. The van der Waals surface area contributed by atoms with Gasteiger partial charge in [-0.15, -0.1) is 0 Å². The number of urea groups is 1. The molecule has 2 amide bonds. The van der Waals surface area contributed by atoms with Gasteiger partial charge in [-0.2, -0.15) is 0 Å². The predicted octanol–water partition coefficient (Wildman–Crippen LogP) is 6.00. The van der Waals surface area contributed by atoms with Gasteiger partial charge in [-0.3, -0.25) is 9.78 Å². The third-order valence-corrected chi connectivity index (χ3v) is 7.43. The highest BCUT2D eigenvalue weighted by molar-refractivity contribution is 5.90. The van der Waals surface area contributed by atoms with E-state index in [9.17, 15) is 19.1 Å². The molecule has 208 valence electrons. The molecular weight excluding hydrogens is 509 g/mol. The van der Waals surface area contributed by atoms with Gasteiger partial charge in [-0.05, 0) is 77.8 Å². The zero-order chi connectivity index (χ0) is 28.4. The lowest BCUT2D eigenvalue weighted by molar-refractivity contribution is -0.156. The van der Waals surface area contributed by atoms with E-state index in [4.69, 9.17) is 9.72 Å². The number of halogens is 1. The Hall–Kier alpha value is -4.04. The number of nitrogens with one attached hydrogen (secondary N) is 2. The summed E-state index contributed by atoms with van der Waals surface area (Å²) in [5.41, 5.74) is 8.42. The zero-order valence-electron chi connectivity index (χ0n) is 23.0. The molecule has 0 spiro atoms. The van der Waals surface area contributed by atoms with Crippen molar-refractivity contribution in [3.05, 3.63) is 76.7 Å². The van der Waals surface area contributed by atoms with Crippen LogP contribution in [0.4, 0.5) is 14.9 Å². The van der Waals surface area contributed by atoms with Crippen molar-refractivity contribution in [1.29, 1.82) is 0 Å². The number of aromatic nitrogens is 1. The van der Waals surface area contributed by atoms with Crippen LogP contribution in [0.15, 0.2) is 48.5 Å². The Labute approximate surface area is 233 Å². The molecule has 0 unspecified atom stereocenters. The maximum atomic E-state index is 14.0. The first kappa shape index (κ1) is 27.5. The first-order chi connectivity index (χ1) is 19.2. The second kappa shape index (κ2) is 11.6. The average Bonchev–Trinajstić information content (AvgIpc) is 3.09. The number of ether oxygens (including phenoxy) is 1. The molecule has 1 aliphatic carbocycles. The molecule has 3 N–H and O–H groups in total. The summed E-state index contributed by atoms with van der Waals surface area (Å²) in [6, 6.07) is 12.1. The molecule has 1 saturated heterocycles. The number of pyridine rings is 1. The first-order valence-corrected chi connectivity index (χ1v) is 13.7. The Morgan fingerprint density at radius 3 is 2.65 bits per heavy atom. The summed E-state index contributed by atoms with van der Waals surface area (Å²) < 4.78 is 19.5. The molecule has 40 heavy (non-hydrogen) atoms. The lowest BCUT2D eigenvalue weighted by Gasteiger charge is -2.25. The Kier molecular flexibility index (Phi) is 7.98. The second-order valence-electron chi connectivity index (χ2n) is 10.7.